The highest BCUT2D eigenvalue weighted by Gasteiger charge is 2.22. The Bertz CT molecular complexity index is 510. The smallest absolute Gasteiger partial charge is 0.254 e. The Morgan fingerprint density at radius 1 is 1.33 bits per heavy atom. The summed E-state index contributed by atoms with van der Waals surface area (Å²) in [5.74, 6) is 1.40. The van der Waals surface area contributed by atoms with Gasteiger partial charge in [0, 0.05) is 18.7 Å². The molecule has 1 aromatic carbocycles. The van der Waals surface area contributed by atoms with Crippen LogP contribution in [0.1, 0.15) is 37.0 Å². The summed E-state index contributed by atoms with van der Waals surface area (Å²) in [5.41, 5.74) is 0.552. The summed E-state index contributed by atoms with van der Waals surface area (Å²) >= 11 is 6.27. The molecule has 5 heteroatoms. The molecule has 0 unspecified atom stereocenters. The van der Waals surface area contributed by atoms with Gasteiger partial charge in [-0.3, -0.25) is 4.79 Å². The van der Waals surface area contributed by atoms with Crippen LogP contribution in [0.5, 0.6) is 11.5 Å². The maximum atomic E-state index is 12.4. The van der Waals surface area contributed by atoms with Crippen LogP contribution in [-0.4, -0.2) is 37.6 Å². The lowest BCUT2D eigenvalue weighted by Crippen LogP contribution is -2.27. The van der Waals surface area contributed by atoms with Gasteiger partial charge < -0.3 is 14.4 Å². The summed E-state index contributed by atoms with van der Waals surface area (Å²) in [6.45, 7) is 6.29. The molecule has 1 fully saturated rings. The number of rotatable bonds is 5. The van der Waals surface area contributed by atoms with Gasteiger partial charge >= 0.3 is 0 Å². The van der Waals surface area contributed by atoms with Gasteiger partial charge in [-0.25, -0.2) is 0 Å². The lowest BCUT2D eigenvalue weighted by atomic mass is 10.1. The topological polar surface area (TPSA) is 38.8 Å². The van der Waals surface area contributed by atoms with Gasteiger partial charge in [0.05, 0.1) is 18.7 Å². The fraction of sp³-hybridized carbons (Fsp3) is 0.562. The van der Waals surface area contributed by atoms with E-state index < -0.39 is 0 Å². The second-order valence-electron chi connectivity index (χ2n) is 5.69. The maximum absolute atomic E-state index is 12.4. The van der Waals surface area contributed by atoms with Crippen molar-refractivity contribution in [3.8, 4) is 11.5 Å². The van der Waals surface area contributed by atoms with Gasteiger partial charge in [0.15, 0.2) is 11.5 Å². The molecule has 0 spiro atoms. The Balaban J connectivity index is 2.24. The van der Waals surface area contributed by atoms with Crippen molar-refractivity contribution >= 4 is 17.5 Å². The molecule has 1 heterocycles. The number of carbonyl (C=O) groups excluding carboxylic acids is 1. The van der Waals surface area contributed by atoms with Gasteiger partial charge in [0.25, 0.3) is 5.91 Å². The van der Waals surface area contributed by atoms with E-state index in [1.807, 2.05) is 4.90 Å². The van der Waals surface area contributed by atoms with E-state index in [1.165, 1.54) is 0 Å². The first-order valence-corrected chi connectivity index (χ1v) is 7.70. The Kier molecular flexibility index (Phi) is 5.34. The largest absolute Gasteiger partial charge is 0.493 e. The van der Waals surface area contributed by atoms with E-state index in [-0.39, 0.29) is 5.91 Å². The Morgan fingerprint density at radius 3 is 2.57 bits per heavy atom. The van der Waals surface area contributed by atoms with Gasteiger partial charge in [-0.1, -0.05) is 25.4 Å². The van der Waals surface area contributed by atoms with Gasteiger partial charge in [0.2, 0.25) is 0 Å². The molecular weight excluding hydrogens is 290 g/mol. The van der Waals surface area contributed by atoms with Crippen molar-refractivity contribution in [2.24, 2.45) is 5.92 Å². The fourth-order valence-electron chi connectivity index (χ4n) is 2.34. The molecule has 1 aliphatic heterocycles. The highest BCUT2D eigenvalue weighted by atomic mass is 35.5. The average molecular weight is 312 g/mol. The lowest BCUT2D eigenvalue weighted by Gasteiger charge is -2.18. The first-order valence-electron chi connectivity index (χ1n) is 7.32. The molecule has 0 atom stereocenters. The summed E-state index contributed by atoms with van der Waals surface area (Å²) in [6.07, 6.45) is 2.12. The number of amides is 1. The molecule has 1 saturated heterocycles. The third kappa shape index (κ3) is 3.82. The summed E-state index contributed by atoms with van der Waals surface area (Å²) in [6, 6.07) is 3.38. The number of methoxy groups -OCH3 is 1. The molecule has 1 aliphatic rings. The van der Waals surface area contributed by atoms with E-state index in [1.54, 1.807) is 19.2 Å². The number of benzene rings is 1. The van der Waals surface area contributed by atoms with Crippen LogP contribution in [0, 0.1) is 5.92 Å². The zero-order chi connectivity index (χ0) is 15.4. The number of hydrogen-bond acceptors (Lipinski definition) is 3. The standard InChI is InChI=1S/C16H22ClNO3/c1-11(2)10-21-15-13(17)8-12(9-14(15)20-3)16(19)18-6-4-5-7-18/h8-9,11H,4-7,10H2,1-3H3. The predicted molar refractivity (Wildman–Crippen MR) is 83.5 cm³/mol. The number of halogens is 1. The molecule has 116 valence electrons. The first-order chi connectivity index (χ1) is 10.0. The van der Waals surface area contributed by atoms with Crippen molar-refractivity contribution in [2.45, 2.75) is 26.7 Å². The quantitative estimate of drug-likeness (QED) is 0.833. The lowest BCUT2D eigenvalue weighted by molar-refractivity contribution is 0.0792. The molecule has 4 nitrogen and oxygen atoms in total. The van der Waals surface area contributed by atoms with Crippen LogP contribution in [0.15, 0.2) is 12.1 Å². The molecule has 1 amide bonds. The van der Waals surface area contributed by atoms with Crippen molar-refractivity contribution in [1.82, 2.24) is 4.90 Å². The van der Waals surface area contributed by atoms with Gasteiger partial charge in [0.1, 0.15) is 0 Å². The molecule has 0 aliphatic carbocycles. The van der Waals surface area contributed by atoms with Crippen molar-refractivity contribution in [2.75, 3.05) is 26.8 Å². The van der Waals surface area contributed by atoms with Gasteiger partial charge in [-0.2, -0.15) is 0 Å². The fourth-order valence-corrected chi connectivity index (χ4v) is 2.60. The predicted octanol–water partition coefficient (Wildman–Crippen LogP) is 3.62. The molecule has 0 radical (unpaired) electrons. The van der Waals surface area contributed by atoms with Gasteiger partial charge in [-0.05, 0) is 30.9 Å². The van der Waals surface area contributed by atoms with E-state index >= 15 is 0 Å². The highest BCUT2D eigenvalue weighted by molar-refractivity contribution is 6.32. The summed E-state index contributed by atoms with van der Waals surface area (Å²) in [4.78, 5) is 14.3. The van der Waals surface area contributed by atoms with Crippen LogP contribution in [0.25, 0.3) is 0 Å². The second-order valence-corrected chi connectivity index (χ2v) is 6.10. The summed E-state index contributed by atoms with van der Waals surface area (Å²) in [5, 5.41) is 0.414. The van der Waals surface area contributed by atoms with E-state index in [0.29, 0.717) is 34.6 Å². The van der Waals surface area contributed by atoms with Crippen molar-refractivity contribution < 1.29 is 14.3 Å². The minimum absolute atomic E-state index is 0.00288. The molecule has 0 saturated carbocycles. The minimum atomic E-state index is 0.00288. The highest BCUT2D eigenvalue weighted by Crippen LogP contribution is 2.37. The minimum Gasteiger partial charge on any atom is -0.493 e. The van der Waals surface area contributed by atoms with Crippen LogP contribution in [0.3, 0.4) is 0 Å². The van der Waals surface area contributed by atoms with Crippen LogP contribution >= 0.6 is 11.6 Å². The molecule has 0 bridgehead atoms. The van der Waals surface area contributed by atoms with E-state index in [2.05, 4.69) is 13.8 Å². The van der Waals surface area contributed by atoms with Crippen LogP contribution in [0.2, 0.25) is 5.02 Å². The molecule has 0 aromatic heterocycles. The molecule has 0 N–H and O–H groups in total. The van der Waals surface area contributed by atoms with Crippen molar-refractivity contribution in [3.63, 3.8) is 0 Å². The van der Waals surface area contributed by atoms with Crippen molar-refractivity contribution in [1.29, 1.82) is 0 Å². The number of likely N-dealkylation sites (tertiary alicyclic amines) is 1. The Labute approximate surface area is 131 Å². The molecule has 2 rings (SSSR count). The van der Waals surface area contributed by atoms with Crippen LogP contribution in [0.4, 0.5) is 0 Å². The van der Waals surface area contributed by atoms with Crippen molar-refractivity contribution in [3.05, 3.63) is 22.7 Å². The number of ether oxygens (including phenoxy) is 2. The van der Waals surface area contributed by atoms with E-state index in [9.17, 15) is 4.79 Å². The molecular formula is C16H22ClNO3. The van der Waals surface area contributed by atoms with E-state index in [0.717, 1.165) is 25.9 Å². The number of hydrogen-bond donors (Lipinski definition) is 0. The summed E-state index contributed by atoms with van der Waals surface area (Å²) < 4.78 is 11.0. The first kappa shape index (κ1) is 16.0. The summed E-state index contributed by atoms with van der Waals surface area (Å²) in [7, 11) is 1.55. The van der Waals surface area contributed by atoms with E-state index in [4.69, 9.17) is 21.1 Å². The molecule has 1 aromatic rings. The zero-order valence-electron chi connectivity index (χ0n) is 12.8. The SMILES string of the molecule is COc1cc(C(=O)N2CCCC2)cc(Cl)c1OCC(C)C. The third-order valence-corrected chi connectivity index (χ3v) is 3.71. The number of carbonyl (C=O) groups is 1. The van der Waals surface area contributed by atoms with Crippen LogP contribution in [-0.2, 0) is 0 Å². The Morgan fingerprint density at radius 2 is 2.00 bits per heavy atom. The molecule has 21 heavy (non-hydrogen) atoms. The van der Waals surface area contributed by atoms with Gasteiger partial charge in [-0.15, -0.1) is 0 Å². The zero-order valence-corrected chi connectivity index (χ0v) is 13.6. The maximum Gasteiger partial charge on any atom is 0.254 e. The average Bonchev–Trinajstić information content (AvgIpc) is 2.98. The monoisotopic (exact) mass is 311 g/mol. The van der Waals surface area contributed by atoms with Crippen LogP contribution < -0.4 is 9.47 Å². The second kappa shape index (κ2) is 7.03. The third-order valence-electron chi connectivity index (χ3n) is 3.43. The normalized spacial score (nSPS) is 14.6. The number of nitrogens with zero attached hydrogens (tertiary/aromatic N) is 1. The Hall–Kier alpha value is -1.42.